The molecule has 0 aromatic carbocycles. The van der Waals surface area contributed by atoms with Crippen LogP contribution in [-0.4, -0.2) is 42.8 Å². The van der Waals surface area contributed by atoms with Crippen LogP contribution in [0.1, 0.15) is 40.0 Å². The highest BCUT2D eigenvalue weighted by atomic mass is 16.5. The number of likely N-dealkylation sites (tertiary alicyclic amines) is 1. The third-order valence-electron chi connectivity index (χ3n) is 4.54. The average Bonchev–Trinajstić information content (AvgIpc) is 2.59. The van der Waals surface area contributed by atoms with Gasteiger partial charge in [0.25, 0.3) is 0 Å². The molecule has 16 heavy (non-hydrogen) atoms. The van der Waals surface area contributed by atoms with Crippen molar-refractivity contribution in [1.29, 1.82) is 0 Å². The summed E-state index contributed by atoms with van der Waals surface area (Å²) in [5.74, 6) is 0. The van der Waals surface area contributed by atoms with Gasteiger partial charge in [0.2, 0.25) is 0 Å². The minimum absolute atomic E-state index is 0.109. The predicted octanol–water partition coefficient (Wildman–Crippen LogP) is 1.61. The molecule has 2 saturated heterocycles. The molecule has 2 fully saturated rings. The molecular formula is C13H26N2O. The SMILES string of the molecule is CC1OCCC1(CN)N1CCCC(C)(C)C1. The van der Waals surface area contributed by atoms with Crippen LogP contribution in [0.3, 0.4) is 0 Å². The van der Waals surface area contributed by atoms with Crippen molar-refractivity contribution >= 4 is 0 Å². The molecular weight excluding hydrogens is 200 g/mol. The van der Waals surface area contributed by atoms with Crippen molar-refractivity contribution in [1.82, 2.24) is 4.90 Å². The van der Waals surface area contributed by atoms with Crippen LogP contribution in [-0.2, 0) is 4.74 Å². The Morgan fingerprint density at radius 2 is 2.12 bits per heavy atom. The van der Waals surface area contributed by atoms with Gasteiger partial charge in [-0.15, -0.1) is 0 Å². The third-order valence-corrected chi connectivity index (χ3v) is 4.54. The van der Waals surface area contributed by atoms with Crippen molar-refractivity contribution in [2.75, 3.05) is 26.2 Å². The van der Waals surface area contributed by atoms with Crippen molar-refractivity contribution in [2.45, 2.75) is 51.7 Å². The van der Waals surface area contributed by atoms with Crippen LogP contribution in [0.5, 0.6) is 0 Å². The second-order valence-corrected chi connectivity index (χ2v) is 6.26. The van der Waals surface area contributed by atoms with E-state index in [2.05, 4.69) is 25.7 Å². The zero-order valence-corrected chi connectivity index (χ0v) is 11.0. The zero-order valence-electron chi connectivity index (χ0n) is 11.0. The summed E-state index contributed by atoms with van der Waals surface area (Å²) in [6.07, 6.45) is 4.01. The first-order chi connectivity index (χ1) is 7.50. The monoisotopic (exact) mass is 226 g/mol. The summed E-state index contributed by atoms with van der Waals surface area (Å²) < 4.78 is 5.76. The smallest absolute Gasteiger partial charge is 0.0743 e. The number of piperidine rings is 1. The van der Waals surface area contributed by atoms with Crippen molar-refractivity contribution in [3.8, 4) is 0 Å². The van der Waals surface area contributed by atoms with Crippen LogP contribution in [0.15, 0.2) is 0 Å². The van der Waals surface area contributed by atoms with Crippen LogP contribution in [0.25, 0.3) is 0 Å². The Morgan fingerprint density at radius 1 is 1.38 bits per heavy atom. The summed E-state index contributed by atoms with van der Waals surface area (Å²) in [5.41, 5.74) is 6.60. The highest BCUT2D eigenvalue weighted by Crippen LogP contribution is 2.38. The molecule has 3 heteroatoms. The summed E-state index contributed by atoms with van der Waals surface area (Å²) in [6, 6.07) is 0. The fourth-order valence-corrected chi connectivity index (χ4v) is 3.39. The maximum atomic E-state index is 6.06. The lowest BCUT2D eigenvalue weighted by molar-refractivity contribution is -0.0240. The minimum Gasteiger partial charge on any atom is -0.376 e. The van der Waals surface area contributed by atoms with E-state index in [0.717, 1.165) is 26.1 Å². The van der Waals surface area contributed by atoms with Crippen molar-refractivity contribution < 1.29 is 4.74 Å². The van der Waals surface area contributed by atoms with Gasteiger partial charge in [0.05, 0.1) is 11.6 Å². The van der Waals surface area contributed by atoms with E-state index < -0.39 is 0 Å². The summed E-state index contributed by atoms with van der Waals surface area (Å²) in [6.45, 7) is 10.9. The van der Waals surface area contributed by atoms with E-state index in [1.165, 1.54) is 19.4 Å². The van der Waals surface area contributed by atoms with Crippen LogP contribution < -0.4 is 5.73 Å². The van der Waals surface area contributed by atoms with Gasteiger partial charge < -0.3 is 10.5 Å². The standard InChI is InChI=1S/C13H26N2O/c1-11-13(9-14,6-8-16-11)15-7-4-5-12(2,3)10-15/h11H,4-10,14H2,1-3H3. The topological polar surface area (TPSA) is 38.5 Å². The molecule has 0 spiro atoms. The lowest BCUT2D eigenvalue weighted by Gasteiger charge is -2.49. The first kappa shape index (κ1) is 12.3. The molecule has 0 aromatic heterocycles. The van der Waals surface area contributed by atoms with Gasteiger partial charge in [-0.25, -0.2) is 0 Å². The lowest BCUT2D eigenvalue weighted by Crippen LogP contribution is -2.61. The quantitative estimate of drug-likeness (QED) is 0.777. The second-order valence-electron chi connectivity index (χ2n) is 6.26. The summed E-state index contributed by atoms with van der Waals surface area (Å²) >= 11 is 0. The number of rotatable bonds is 2. The van der Waals surface area contributed by atoms with E-state index in [9.17, 15) is 0 Å². The van der Waals surface area contributed by atoms with Crippen molar-refractivity contribution in [3.63, 3.8) is 0 Å². The molecule has 2 N–H and O–H groups in total. The molecule has 94 valence electrons. The molecule has 3 nitrogen and oxygen atoms in total. The summed E-state index contributed by atoms with van der Waals surface area (Å²) in [5, 5.41) is 0. The summed E-state index contributed by atoms with van der Waals surface area (Å²) in [7, 11) is 0. The first-order valence-corrected chi connectivity index (χ1v) is 6.57. The molecule has 2 aliphatic rings. The van der Waals surface area contributed by atoms with E-state index >= 15 is 0 Å². The van der Waals surface area contributed by atoms with E-state index in [1.807, 2.05) is 0 Å². The number of hydrogen-bond donors (Lipinski definition) is 1. The molecule has 0 aromatic rings. The van der Waals surface area contributed by atoms with Crippen molar-refractivity contribution in [3.05, 3.63) is 0 Å². The van der Waals surface area contributed by atoms with Gasteiger partial charge in [0.1, 0.15) is 0 Å². The highest BCUT2D eigenvalue weighted by Gasteiger charge is 2.47. The molecule has 0 amide bonds. The third kappa shape index (κ3) is 2.01. The molecule has 2 atom stereocenters. The van der Waals surface area contributed by atoms with Gasteiger partial charge in [-0.1, -0.05) is 13.8 Å². The first-order valence-electron chi connectivity index (χ1n) is 6.57. The van der Waals surface area contributed by atoms with Gasteiger partial charge in [0.15, 0.2) is 0 Å². The average molecular weight is 226 g/mol. The number of hydrogen-bond acceptors (Lipinski definition) is 3. The highest BCUT2D eigenvalue weighted by molar-refractivity contribution is 5.02. The van der Waals surface area contributed by atoms with E-state index in [-0.39, 0.29) is 11.6 Å². The fraction of sp³-hybridized carbons (Fsp3) is 1.00. The van der Waals surface area contributed by atoms with E-state index in [4.69, 9.17) is 10.5 Å². The number of nitrogens with two attached hydrogens (primary N) is 1. The molecule has 2 heterocycles. The van der Waals surface area contributed by atoms with Crippen LogP contribution in [0, 0.1) is 5.41 Å². The van der Waals surface area contributed by atoms with Gasteiger partial charge >= 0.3 is 0 Å². The summed E-state index contributed by atoms with van der Waals surface area (Å²) in [4.78, 5) is 2.61. The van der Waals surface area contributed by atoms with E-state index in [0.29, 0.717) is 5.41 Å². The maximum Gasteiger partial charge on any atom is 0.0743 e. The number of ether oxygens (including phenoxy) is 1. The fourth-order valence-electron chi connectivity index (χ4n) is 3.39. The molecule has 0 aliphatic carbocycles. The Balaban J connectivity index is 2.15. The normalized spacial score (nSPS) is 40.1. The molecule has 0 bridgehead atoms. The largest absolute Gasteiger partial charge is 0.376 e. The van der Waals surface area contributed by atoms with Gasteiger partial charge in [-0.2, -0.15) is 0 Å². The minimum atomic E-state index is 0.109. The Hall–Kier alpha value is -0.120. The van der Waals surface area contributed by atoms with E-state index in [1.54, 1.807) is 0 Å². The predicted molar refractivity (Wildman–Crippen MR) is 66.4 cm³/mol. The molecule has 0 saturated carbocycles. The Morgan fingerprint density at radius 3 is 2.62 bits per heavy atom. The van der Waals surface area contributed by atoms with Crippen LogP contribution in [0.2, 0.25) is 0 Å². The Bertz CT molecular complexity index is 254. The molecule has 0 radical (unpaired) electrons. The van der Waals surface area contributed by atoms with Gasteiger partial charge in [-0.05, 0) is 38.1 Å². The van der Waals surface area contributed by atoms with Gasteiger partial charge in [-0.3, -0.25) is 4.90 Å². The Kier molecular flexibility index (Phi) is 3.30. The lowest BCUT2D eigenvalue weighted by atomic mass is 9.79. The molecule has 2 rings (SSSR count). The zero-order chi connectivity index (χ0) is 11.8. The maximum absolute atomic E-state index is 6.06. The second kappa shape index (κ2) is 4.28. The van der Waals surface area contributed by atoms with Crippen LogP contribution in [0.4, 0.5) is 0 Å². The Labute approximate surface area is 99.3 Å². The molecule has 2 unspecified atom stereocenters. The van der Waals surface area contributed by atoms with Crippen LogP contribution >= 0.6 is 0 Å². The van der Waals surface area contributed by atoms with Crippen molar-refractivity contribution in [2.24, 2.45) is 11.1 Å². The van der Waals surface area contributed by atoms with Gasteiger partial charge in [0, 0.05) is 19.7 Å². The number of nitrogens with zero attached hydrogens (tertiary/aromatic N) is 1. The molecule has 2 aliphatic heterocycles.